The molecule has 310 valence electrons. The summed E-state index contributed by atoms with van der Waals surface area (Å²) in [7, 11) is -0.550. The van der Waals surface area contributed by atoms with E-state index < -0.39 is 10.2 Å². The van der Waals surface area contributed by atoms with Crippen LogP contribution in [0.5, 0.6) is 0 Å². The second-order valence-electron chi connectivity index (χ2n) is 15.7. The van der Waals surface area contributed by atoms with Crippen molar-refractivity contribution in [1.29, 1.82) is 0 Å². The molecule has 1 N–H and O–H groups in total. The van der Waals surface area contributed by atoms with Gasteiger partial charge in [-0.3, -0.25) is 0 Å². The predicted octanol–water partition coefficient (Wildman–Crippen LogP) is 7.18. The molecule has 11 nitrogen and oxygen atoms in total. The molecule has 2 aliphatic heterocycles. The van der Waals surface area contributed by atoms with Crippen LogP contribution >= 0.6 is 0 Å². The zero-order valence-corrected chi connectivity index (χ0v) is 36.0. The van der Waals surface area contributed by atoms with Crippen LogP contribution < -0.4 is 33.8 Å². The molecular formula is C48H51ClN6O5. The Labute approximate surface area is 354 Å². The minimum Gasteiger partial charge on any atom is -0.357 e. The fourth-order valence-electron chi connectivity index (χ4n) is 8.58. The smallest absolute Gasteiger partial charge is 0.210 e. The van der Waals surface area contributed by atoms with Gasteiger partial charge in [-0.1, -0.05) is 74.5 Å². The number of halogens is 1. The molecule has 2 aliphatic rings. The van der Waals surface area contributed by atoms with Gasteiger partial charge in [-0.25, -0.2) is 23.6 Å². The van der Waals surface area contributed by atoms with Crippen LogP contribution in [0.4, 0.5) is 34.3 Å². The van der Waals surface area contributed by atoms with E-state index in [-0.39, 0.29) is 10.8 Å². The number of nitroso groups, excluding NO2 is 1. The number of fused-ring (bicyclic) bond motifs is 6. The van der Waals surface area contributed by atoms with Crippen LogP contribution in [-0.4, -0.2) is 42.5 Å². The maximum absolute atomic E-state index is 10.3. The molecule has 0 spiro atoms. The Morgan fingerprint density at radius 3 is 1.90 bits per heavy atom. The van der Waals surface area contributed by atoms with Crippen molar-refractivity contribution in [3.63, 3.8) is 0 Å². The molecule has 0 amide bonds. The zero-order valence-electron chi connectivity index (χ0n) is 35.3. The Morgan fingerprint density at radius 1 is 0.767 bits per heavy atom. The molecule has 0 fully saturated rings. The normalized spacial score (nSPS) is 15.7. The van der Waals surface area contributed by atoms with Crippen molar-refractivity contribution in [3.05, 3.63) is 155 Å². The lowest BCUT2D eigenvalue weighted by molar-refractivity contribution is -2.00. The van der Waals surface area contributed by atoms with Crippen molar-refractivity contribution in [2.24, 2.45) is 5.18 Å². The van der Waals surface area contributed by atoms with E-state index in [1.807, 2.05) is 24.3 Å². The molecular weight excluding hydrogens is 776 g/mol. The summed E-state index contributed by atoms with van der Waals surface area (Å²) in [6, 6.07) is 37.5. The molecule has 60 heavy (non-hydrogen) atoms. The van der Waals surface area contributed by atoms with Gasteiger partial charge < -0.3 is 15.1 Å². The molecule has 12 heteroatoms. The summed E-state index contributed by atoms with van der Waals surface area (Å²) in [5.74, 6) is 0.973. The van der Waals surface area contributed by atoms with E-state index >= 15 is 0 Å². The molecule has 3 heterocycles. The minimum absolute atomic E-state index is 0.0732. The van der Waals surface area contributed by atoms with Gasteiger partial charge in [0, 0.05) is 60.3 Å². The number of likely N-dealkylation sites (N-methyl/N-ethyl adjacent to an activating group) is 1. The van der Waals surface area contributed by atoms with E-state index in [0.29, 0.717) is 5.69 Å². The Hall–Kier alpha value is -5.95. The summed E-state index contributed by atoms with van der Waals surface area (Å²) in [5.41, 5.74) is 10.2. The Balaban J connectivity index is 0.000000204. The molecule has 0 unspecified atom stereocenters. The number of nitrogens with one attached hydrogen (secondary N) is 1. The van der Waals surface area contributed by atoms with E-state index in [0.717, 1.165) is 30.3 Å². The van der Waals surface area contributed by atoms with Crippen molar-refractivity contribution in [2.45, 2.75) is 52.4 Å². The summed E-state index contributed by atoms with van der Waals surface area (Å²) in [5, 5.41) is 11.4. The second kappa shape index (κ2) is 17.7. The topological polar surface area (TPSA) is 156 Å². The molecule has 5 aromatic carbocycles. The average Bonchev–Trinajstić information content (AvgIpc) is 3.55. The number of anilines is 4. The van der Waals surface area contributed by atoms with E-state index in [1.165, 1.54) is 55.5 Å². The van der Waals surface area contributed by atoms with E-state index in [2.05, 4.69) is 177 Å². The first-order chi connectivity index (χ1) is 28.5. The van der Waals surface area contributed by atoms with E-state index in [1.54, 1.807) is 18.3 Å². The van der Waals surface area contributed by atoms with Crippen molar-refractivity contribution in [2.75, 3.05) is 42.3 Å². The number of hydrogen-bond donors (Lipinski definition) is 1. The minimum atomic E-state index is -4.94. The van der Waals surface area contributed by atoms with Crippen molar-refractivity contribution < 1.29 is 33.5 Å². The van der Waals surface area contributed by atoms with Gasteiger partial charge in [0.25, 0.3) is 0 Å². The van der Waals surface area contributed by atoms with Crippen molar-refractivity contribution in [3.8, 4) is 0 Å². The van der Waals surface area contributed by atoms with Gasteiger partial charge in [-0.2, -0.15) is 4.58 Å². The molecule has 8 rings (SSSR count). The molecule has 0 radical (unpaired) electrons. The highest BCUT2D eigenvalue weighted by molar-refractivity contribution is 6.07. The van der Waals surface area contributed by atoms with Gasteiger partial charge in [-0.15, -0.1) is 15.2 Å². The second-order valence-corrected chi connectivity index (χ2v) is 16.5. The summed E-state index contributed by atoms with van der Waals surface area (Å²) < 4.78 is 36.3. The summed E-state index contributed by atoms with van der Waals surface area (Å²) >= 11 is 0. The number of aromatic nitrogens is 1. The van der Waals surface area contributed by atoms with Gasteiger partial charge in [0.15, 0.2) is 5.71 Å². The largest absolute Gasteiger partial charge is 0.357 e. The van der Waals surface area contributed by atoms with Crippen LogP contribution in [0.1, 0.15) is 52.7 Å². The van der Waals surface area contributed by atoms with Crippen LogP contribution in [0.3, 0.4) is 0 Å². The van der Waals surface area contributed by atoms with Crippen molar-refractivity contribution in [1.82, 2.24) is 4.98 Å². The van der Waals surface area contributed by atoms with Crippen molar-refractivity contribution >= 4 is 61.5 Å². The molecule has 1 aromatic heterocycles. The third kappa shape index (κ3) is 9.11. The first-order valence-electron chi connectivity index (χ1n) is 19.8. The SMILES string of the molecule is CCN(CC)c1ccc(Nc2ccc(N=O)cc2)cn1.CN1C(=CC=CC2=[N+](C)c3ccc4ccccc4c3C2(C)C)C(C)(C)c2c1ccc1ccccc21.[O-][Cl+3]([O-])([O-])[O-]. The first-order valence-corrected chi connectivity index (χ1v) is 21.0. The fourth-order valence-corrected chi connectivity index (χ4v) is 8.58. The number of rotatable bonds is 8. The van der Waals surface area contributed by atoms with Crippen LogP contribution in [0.25, 0.3) is 21.5 Å². The number of allylic oxidation sites excluding steroid dienone is 4. The highest BCUT2D eigenvalue weighted by Gasteiger charge is 2.44. The number of benzene rings is 5. The molecule has 0 saturated carbocycles. The molecule has 0 bridgehead atoms. The molecule has 0 aliphatic carbocycles. The summed E-state index contributed by atoms with van der Waals surface area (Å²) in [6.45, 7) is 15.5. The lowest BCUT2D eigenvalue weighted by Crippen LogP contribution is -2.68. The standard InChI is InChI=1S/C33H33N2.C15H18N4O.ClHO4/c1-32(2)28(34(5)26-20-18-22-12-7-9-14-24(22)30(26)32)16-11-17-29-33(3,4)31-25-15-10-8-13-23(25)19-21-27(31)35(29)6;1-3-19(4-2)15-10-9-14(11-16-15)17-12-5-7-13(18-20)8-6-12;2-1(3,4)5/h7-21H,1-6H3;5-11,17H,3-4H2,1-2H3;(H,2,3,4,5)/q+1;;/p-1. The van der Waals surface area contributed by atoms with Gasteiger partial charge >= 0.3 is 0 Å². The highest BCUT2D eigenvalue weighted by Crippen LogP contribution is 2.50. The van der Waals surface area contributed by atoms with Gasteiger partial charge in [0.1, 0.15) is 18.6 Å². The van der Waals surface area contributed by atoms with Crippen LogP contribution in [0, 0.1) is 15.2 Å². The number of hydrogen-bond acceptors (Lipinski definition) is 10. The number of nitrogens with zero attached hydrogens (tertiary/aromatic N) is 5. The Morgan fingerprint density at radius 2 is 1.33 bits per heavy atom. The quantitative estimate of drug-likeness (QED) is 0.124. The zero-order chi connectivity index (χ0) is 43.4. The first kappa shape index (κ1) is 43.6. The van der Waals surface area contributed by atoms with Gasteiger partial charge in [-0.05, 0) is 115 Å². The maximum Gasteiger partial charge on any atom is 0.210 e. The molecule has 0 atom stereocenters. The molecule has 0 saturated heterocycles. The van der Waals surface area contributed by atoms with Crippen LogP contribution in [0.2, 0.25) is 0 Å². The van der Waals surface area contributed by atoms with Gasteiger partial charge in [0.05, 0.1) is 17.3 Å². The molecule has 6 aromatic rings. The summed E-state index contributed by atoms with van der Waals surface area (Å²) in [4.78, 5) is 19.3. The Bertz CT molecular complexity index is 2590. The lowest BCUT2D eigenvalue weighted by Gasteiger charge is -2.24. The highest BCUT2D eigenvalue weighted by atomic mass is 35.7. The third-order valence-electron chi connectivity index (χ3n) is 11.4. The monoisotopic (exact) mass is 826 g/mol. The van der Waals surface area contributed by atoms with Crippen LogP contribution in [-0.2, 0) is 10.8 Å². The average molecular weight is 827 g/mol. The van der Waals surface area contributed by atoms with E-state index in [4.69, 9.17) is 18.6 Å². The predicted molar refractivity (Wildman–Crippen MR) is 233 cm³/mol. The van der Waals surface area contributed by atoms with Gasteiger partial charge in [0.2, 0.25) is 5.69 Å². The fraction of sp³-hybridized carbons (Fsp3) is 0.250. The number of pyridine rings is 1. The lowest BCUT2D eigenvalue weighted by atomic mass is 9.79. The van der Waals surface area contributed by atoms with E-state index in [9.17, 15) is 4.91 Å². The third-order valence-corrected chi connectivity index (χ3v) is 11.4. The Kier molecular flexibility index (Phi) is 12.9. The maximum atomic E-state index is 10.3. The summed E-state index contributed by atoms with van der Waals surface area (Å²) in [6.07, 6.45) is 8.68. The van der Waals surface area contributed by atoms with Crippen LogP contribution in [0.15, 0.2) is 144 Å².